The number of aromatic nitrogens is 3. The number of benzene rings is 2. The number of aromatic amines is 1. The van der Waals surface area contributed by atoms with Crippen LogP contribution >= 0.6 is 0 Å². The van der Waals surface area contributed by atoms with E-state index >= 15 is 0 Å². The highest BCUT2D eigenvalue weighted by Gasteiger charge is 2.09. The minimum atomic E-state index is -0.234. The molecule has 2 aromatic carbocycles. The Morgan fingerprint density at radius 3 is 2.43 bits per heavy atom. The third-order valence-corrected chi connectivity index (χ3v) is 3.56. The summed E-state index contributed by atoms with van der Waals surface area (Å²) in [5, 5.41) is 13.2. The highest BCUT2D eigenvalue weighted by Crippen LogP contribution is 2.18. The first-order chi connectivity index (χ1) is 11.0. The maximum atomic E-state index is 12.3. The molecule has 0 unspecified atom stereocenters. The number of nitrogens with zero attached hydrogens (tertiary/aromatic N) is 3. The molecule has 7 heteroatoms. The molecule has 0 aliphatic carbocycles. The molecule has 0 fully saturated rings. The van der Waals surface area contributed by atoms with E-state index in [1.54, 1.807) is 49.5 Å². The maximum Gasteiger partial charge on any atom is 0.255 e. The predicted molar refractivity (Wildman–Crippen MR) is 87.4 cm³/mol. The van der Waals surface area contributed by atoms with E-state index in [0.717, 1.165) is 5.69 Å². The molecule has 116 valence electrons. The van der Waals surface area contributed by atoms with Gasteiger partial charge in [0.15, 0.2) is 0 Å². The molecule has 1 aromatic heterocycles. The minimum absolute atomic E-state index is 0.0531. The number of nitrogens with one attached hydrogen (secondary N) is 2. The van der Waals surface area contributed by atoms with E-state index < -0.39 is 0 Å². The molecule has 7 nitrogen and oxygen atoms in total. The number of anilines is 2. The van der Waals surface area contributed by atoms with Crippen molar-refractivity contribution in [1.82, 2.24) is 15.4 Å². The van der Waals surface area contributed by atoms with Crippen molar-refractivity contribution in [2.75, 3.05) is 17.3 Å². The van der Waals surface area contributed by atoms with Gasteiger partial charge < -0.3 is 10.2 Å². The second-order valence-corrected chi connectivity index (χ2v) is 5.11. The number of fused-ring (bicyclic) bond motifs is 1. The molecule has 0 saturated heterocycles. The molecule has 0 saturated carbocycles. The largest absolute Gasteiger partial charge is 0.322 e. The van der Waals surface area contributed by atoms with Gasteiger partial charge in [-0.05, 0) is 42.5 Å². The second kappa shape index (κ2) is 5.88. The Morgan fingerprint density at radius 2 is 1.74 bits per heavy atom. The van der Waals surface area contributed by atoms with Crippen molar-refractivity contribution >= 4 is 34.2 Å². The zero-order valence-corrected chi connectivity index (χ0v) is 12.7. The number of carbonyl (C=O) groups is 2. The molecule has 0 aliphatic heterocycles. The predicted octanol–water partition coefficient (Wildman–Crippen LogP) is 2.19. The number of rotatable bonds is 3. The highest BCUT2D eigenvalue weighted by atomic mass is 16.2. The van der Waals surface area contributed by atoms with Crippen molar-refractivity contribution in [3.05, 3.63) is 48.0 Å². The van der Waals surface area contributed by atoms with E-state index in [1.807, 2.05) is 0 Å². The summed E-state index contributed by atoms with van der Waals surface area (Å²) in [6.07, 6.45) is 0. The Balaban J connectivity index is 1.75. The zero-order chi connectivity index (χ0) is 16.4. The smallest absolute Gasteiger partial charge is 0.255 e. The van der Waals surface area contributed by atoms with E-state index in [2.05, 4.69) is 20.7 Å². The molecule has 0 bridgehead atoms. The zero-order valence-electron chi connectivity index (χ0n) is 12.7. The van der Waals surface area contributed by atoms with Crippen LogP contribution in [0.2, 0.25) is 0 Å². The number of H-pyrrole nitrogens is 1. The summed E-state index contributed by atoms with van der Waals surface area (Å²) < 4.78 is 0. The summed E-state index contributed by atoms with van der Waals surface area (Å²) in [7, 11) is 1.70. The molecule has 0 radical (unpaired) electrons. The van der Waals surface area contributed by atoms with Crippen LogP contribution in [-0.2, 0) is 4.79 Å². The minimum Gasteiger partial charge on any atom is -0.322 e. The van der Waals surface area contributed by atoms with E-state index in [-0.39, 0.29) is 11.8 Å². The van der Waals surface area contributed by atoms with Crippen LogP contribution in [0.1, 0.15) is 17.3 Å². The third-order valence-electron chi connectivity index (χ3n) is 3.56. The van der Waals surface area contributed by atoms with Gasteiger partial charge in [0.25, 0.3) is 5.91 Å². The van der Waals surface area contributed by atoms with Gasteiger partial charge in [-0.1, -0.05) is 0 Å². The average molecular weight is 309 g/mol. The summed E-state index contributed by atoms with van der Waals surface area (Å²) in [6, 6.07) is 12.2. The van der Waals surface area contributed by atoms with Crippen molar-refractivity contribution in [2.45, 2.75) is 6.92 Å². The molecule has 0 atom stereocenters. The molecule has 23 heavy (non-hydrogen) atoms. The van der Waals surface area contributed by atoms with Gasteiger partial charge in [-0.3, -0.25) is 9.59 Å². The van der Waals surface area contributed by atoms with Crippen LogP contribution < -0.4 is 10.2 Å². The van der Waals surface area contributed by atoms with Crippen molar-refractivity contribution < 1.29 is 9.59 Å². The Hall–Kier alpha value is -3.22. The lowest BCUT2D eigenvalue weighted by atomic mass is 10.2. The average Bonchev–Trinajstić information content (AvgIpc) is 3.02. The fourth-order valence-corrected chi connectivity index (χ4v) is 2.13. The van der Waals surface area contributed by atoms with Gasteiger partial charge in [-0.25, -0.2) is 0 Å². The summed E-state index contributed by atoms with van der Waals surface area (Å²) in [5.74, 6) is -0.287. The van der Waals surface area contributed by atoms with Crippen LogP contribution in [-0.4, -0.2) is 34.3 Å². The second-order valence-electron chi connectivity index (χ2n) is 5.11. The Bertz CT molecular complexity index is 870. The summed E-state index contributed by atoms with van der Waals surface area (Å²) >= 11 is 0. The SMILES string of the molecule is CC(=O)N(C)c1ccc(NC(=O)c2ccc3n[nH]nc3c2)cc1. The first-order valence-corrected chi connectivity index (χ1v) is 7.01. The Kier molecular flexibility index (Phi) is 3.76. The standard InChI is InChI=1S/C16H15N5O2/c1-10(22)21(2)13-6-4-12(5-7-13)17-16(23)11-3-8-14-15(9-11)19-20-18-14/h3-9H,1-2H3,(H,17,23)(H,18,19,20). The number of hydrogen-bond acceptors (Lipinski definition) is 4. The fourth-order valence-electron chi connectivity index (χ4n) is 2.13. The molecule has 3 aromatic rings. The number of hydrogen-bond donors (Lipinski definition) is 2. The van der Waals surface area contributed by atoms with E-state index in [1.165, 1.54) is 11.8 Å². The van der Waals surface area contributed by atoms with Crippen LogP contribution in [0.15, 0.2) is 42.5 Å². The molecule has 2 amide bonds. The summed E-state index contributed by atoms with van der Waals surface area (Å²) in [5.41, 5.74) is 3.25. The first kappa shape index (κ1) is 14.7. The van der Waals surface area contributed by atoms with Gasteiger partial charge in [-0.15, -0.1) is 0 Å². The van der Waals surface area contributed by atoms with Crippen LogP contribution in [0.5, 0.6) is 0 Å². The van der Waals surface area contributed by atoms with Gasteiger partial charge in [0.05, 0.1) is 0 Å². The highest BCUT2D eigenvalue weighted by molar-refractivity contribution is 6.06. The van der Waals surface area contributed by atoms with Gasteiger partial charge in [-0.2, -0.15) is 15.4 Å². The van der Waals surface area contributed by atoms with Crippen molar-refractivity contribution in [3.8, 4) is 0 Å². The Morgan fingerprint density at radius 1 is 1.04 bits per heavy atom. The maximum absolute atomic E-state index is 12.3. The van der Waals surface area contributed by atoms with Crippen molar-refractivity contribution in [3.63, 3.8) is 0 Å². The fraction of sp³-hybridized carbons (Fsp3) is 0.125. The van der Waals surface area contributed by atoms with E-state index in [0.29, 0.717) is 22.3 Å². The first-order valence-electron chi connectivity index (χ1n) is 7.01. The lowest BCUT2D eigenvalue weighted by molar-refractivity contribution is -0.116. The number of carbonyl (C=O) groups excluding carboxylic acids is 2. The Labute approximate surface area is 132 Å². The molecule has 0 aliphatic rings. The summed E-state index contributed by atoms with van der Waals surface area (Å²) in [4.78, 5) is 25.1. The van der Waals surface area contributed by atoms with Crippen LogP contribution in [0, 0.1) is 0 Å². The van der Waals surface area contributed by atoms with Crippen LogP contribution in [0.25, 0.3) is 11.0 Å². The van der Waals surface area contributed by atoms with Gasteiger partial charge >= 0.3 is 0 Å². The molecule has 1 heterocycles. The monoisotopic (exact) mass is 309 g/mol. The van der Waals surface area contributed by atoms with Gasteiger partial charge in [0.1, 0.15) is 11.0 Å². The third kappa shape index (κ3) is 3.03. The lowest BCUT2D eigenvalue weighted by Gasteiger charge is -2.15. The molecule has 0 spiro atoms. The van der Waals surface area contributed by atoms with Crippen LogP contribution in [0.4, 0.5) is 11.4 Å². The topological polar surface area (TPSA) is 91.0 Å². The van der Waals surface area contributed by atoms with Gasteiger partial charge in [0.2, 0.25) is 5.91 Å². The molecule has 2 N–H and O–H groups in total. The van der Waals surface area contributed by atoms with Crippen LogP contribution in [0.3, 0.4) is 0 Å². The van der Waals surface area contributed by atoms with Crippen molar-refractivity contribution in [2.24, 2.45) is 0 Å². The lowest BCUT2D eigenvalue weighted by Crippen LogP contribution is -2.22. The van der Waals surface area contributed by atoms with E-state index in [9.17, 15) is 9.59 Å². The van der Waals surface area contributed by atoms with Crippen molar-refractivity contribution in [1.29, 1.82) is 0 Å². The van der Waals surface area contributed by atoms with E-state index in [4.69, 9.17) is 0 Å². The quantitative estimate of drug-likeness (QED) is 0.776. The summed E-state index contributed by atoms with van der Waals surface area (Å²) in [6.45, 7) is 1.50. The molecule has 3 rings (SSSR count). The number of amides is 2. The molecular formula is C16H15N5O2. The van der Waals surface area contributed by atoms with Gasteiger partial charge in [0, 0.05) is 30.9 Å². The normalized spacial score (nSPS) is 10.5. The molecular weight excluding hydrogens is 294 g/mol.